The molecule has 7 heteroatoms. The molecule has 0 saturated heterocycles. The first-order valence-corrected chi connectivity index (χ1v) is 5.65. The van der Waals surface area contributed by atoms with E-state index in [2.05, 4.69) is 9.72 Å². The molecule has 0 aromatic carbocycles. The third-order valence-electron chi connectivity index (χ3n) is 1.98. The lowest BCUT2D eigenvalue weighted by Gasteiger charge is -2.11. The summed E-state index contributed by atoms with van der Waals surface area (Å²) in [5.74, 6) is -0.238. The van der Waals surface area contributed by atoms with Crippen molar-refractivity contribution < 1.29 is 23.0 Å². The van der Waals surface area contributed by atoms with E-state index in [1.165, 1.54) is 20.3 Å². The molecule has 1 aromatic heterocycles. The first-order chi connectivity index (χ1) is 7.99. The molecule has 0 bridgehead atoms. The fourth-order valence-corrected chi connectivity index (χ4v) is 2.08. The fourth-order valence-electron chi connectivity index (χ4n) is 1.23. The molecular formula is C10H10F2INO3. The third-order valence-corrected chi connectivity index (χ3v) is 2.79. The summed E-state index contributed by atoms with van der Waals surface area (Å²) in [5.41, 5.74) is -0.226. The van der Waals surface area contributed by atoms with E-state index in [1.54, 1.807) is 0 Å². The SMILES string of the molecule is COC(=O)Cc1nc(C(F)F)cc(I)c1OC. The summed E-state index contributed by atoms with van der Waals surface area (Å²) in [6.45, 7) is 0. The zero-order valence-electron chi connectivity index (χ0n) is 9.17. The number of ether oxygens (including phenoxy) is 2. The number of hydrogen-bond acceptors (Lipinski definition) is 4. The Bertz CT molecular complexity index is 426. The number of carbonyl (C=O) groups is 1. The van der Waals surface area contributed by atoms with Gasteiger partial charge in [0.15, 0.2) is 5.75 Å². The lowest BCUT2D eigenvalue weighted by Crippen LogP contribution is -2.10. The first-order valence-electron chi connectivity index (χ1n) is 4.57. The van der Waals surface area contributed by atoms with Crippen LogP contribution in [0.1, 0.15) is 17.8 Å². The lowest BCUT2D eigenvalue weighted by atomic mass is 10.2. The van der Waals surface area contributed by atoms with E-state index in [1.807, 2.05) is 22.6 Å². The van der Waals surface area contributed by atoms with Gasteiger partial charge in [-0.25, -0.2) is 13.8 Å². The standard InChI is InChI=1S/C10H10F2INO3/c1-16-8(15)4-6-9(17-2)5(13)3-7(14-6)10(11)12/h3,10H,4H2,1-2H3. The van der Waals surface area contributed by atoms with Gasteiger partial charge in [0, 0.05) is 0 Å². The third kappa shape index (κ3) is 3.48. The molecule has 0 aliphatic heterocycles. The molecule has 0 atom stereocenters. The minimum absolute atomic E-state index is 0.154. The Kier molecular flexibility index (Phi) is 5.03. The Morgan fingerprint density at radius 1 is 1.53 bits per heavy atom. The average Bonchev–Trinajstić information content (AvgIpc) is 2.28. The molecule has 0 aliphatic carbocycles. The number of rotatable bonds is 4. The largest absolute Gasteiger partial charge is 0.494 e. The van der Waals surface area contributed by atoms with E-state index in [0.717, 1.165) is 0 Å². The fraction of sp³-hybridized carbons (Fsp3) is 0.400. The quantitative estimate of drug-likeness (QED) is 0.613. The van der Waals surface area contributed by atoms with Gasteiger partial charge in [-0.05, 0) is 28.7 Å². The topological polar surface area (TPSA) is 48.4 Å². The Morgan fingerprint density at radius 2 is 2.18 bits per heavy atom. The van der Waals surface area contributed by atoms with E-state index in [9.17, 15) is 13.6 Å². The van der Waals surface area contributed by atoms with Crippen molar-refractivity contribution in [2.24, 2.45) is 0 Å². The maximum absolute atomic E-state index is 12.6. The first kappa shape index (κ1) is 14.1. The summed E-state index contributed by atoms with van der Waals surface area (Å²) >= 11 is 1.85. The van der Waals surface area contributed by atoms with Crippen LogP contribution in [0.2, 0.25) is 0 Å². The van der Waals surface area contributed by atoms with E-state index < -0.39 is 12.4 Å². The molecule has 0 fully saturated rings. The zero-order valence-corrected chi connectivity index (χ0v) is 11.3. The lowest BCUT2D eigenvalue weighted by molar-refractivity contribution is -0.139. The summed E-state index contributed by atoms with van der Waals surface area (Å²) in [5, 5.41) is 0. The van der Waals surface area contributed by atoms with Gasteiger partial charge in [0.05, 0.1) is 29.9 Å². The Hall–Kier alpha value is -0.990. The number of nitrogens with zero attached hydrogens (tertiary/aromatic N) is 1. The van der Waals surface area contributed by atoms with Gasteiger partial charge in [0.1, 0.15) is 5.69 Å². The van der Waals surface area contributed by atoms with Crippen LogP contribution in [0.3, 0.4) is 0 Å². The van der Waals surface area contributed by atoms with Crippen molar-refractivity contribution in [3.05, 3.63) is 21.0 Å². The van der Waals surface area contributed by atoms with Crippen molar-refractivity contribution >= 4 is 28.6 Å². The second kappa shape index (κ2) is 6.08. The van der Waals surface area contributed by atoms with E-state index in [4.69, 9.17) is 4.74 Å². The van der Waals surface area contributed by atoms with Gasteiger partial charge in [0.2, 0.25) is 0 Å². The number of hydrogen-bond donors (Lipinski definition) is 0. The van der Waals surface area contributed by atoms with Crippen molar-refractivity contribution in [3.63, 3.8) is 0 Å². The summed E-state index contributed by atoms with van der Waals surface area (Å²) in [6, 6.07) is 1.23. The summed E-state index contributed by atoms with van der Waals surface area (Å²) in [6.07, 6.45) is -2.89. The Balaban J connectivity index is 3.19. The predicted molar refractivity (Wildman–Crippen MR) is 64.2 cm³/mol. The minimum Gasteiger partial charge on any atom is -0.494 e. The molecule has 1 rings (SSSR count). The predicted octanol–water partition coefficient (Wildman–Crippen LogP) is 2.35. The van der Waals surface area contributed by atoms with Crippen LogP contribution in [0, 0.1) is 3.57 Å². The second-order valence-corrected chi connectivity index (χ2v) is 4.22. The molecule has 4 nitrogen and oxygen atoms in total. The van der Waals surface area contributed by atoms with Crippen molar-refractivity contribution in [2.75, 3.05) is 14.2 Å². The normalized spacial score (nSPS) is 10.5. The molecule has 0 saturated carbocycles. The van der Waals surface area contributed by atoms with Gasteiger partial charge >= 0.3 is 5.97 Å². The van der Waals surface area contributed by atoms with E-state index >= 15 is 0 Å². The van der Waals surface area contributed by atoms with E-state index in [0.29, 0.717) is 9.32 Å². The molecular weight excluding hydrogens is 347 g/mol. The van der Waals surface area contributed by atoms with Crippen molar-refractivity contribution in [1.29, 1.82) is 0 Å². The molecule has 17 heavy (non-hydrogen) atoms. The highest BCUT2D eigenvalue weighted by molar-refractivity contribution is 14.1. The summed E-state index contributed by atoms with van der Waals surface area (Å²) in [4.78, 5) is 14.8. The number of esters is 1. The van der Waals surface area contributed by atoms with E-state index in [-0.39, 0.29) is 17.8 Å². The Morgan fingerprint density at radius 3 is 2.65 bits per heavy atom. The minimum atomic E-state index is -2.69. The van der Waals surface area contributed by atoms with Crippen LogP contribution in [0.15, 0.2) is 6.07 Å². The number of carbonyl (C=O) groups excluding carboxylic acids is 1. The summed E-state index contributed by atoms with van der Waals surface area (Å²) in [7, 11) is 2.61. The van der Waals surface area contributed by atoms with Gasteiger partial charge in [-0.3, -0.25) is 4.79 Å². The van der Waals surface area contributed by atoms with Crippen LogP contribution in [0.5, 0.6) is 5.75 Å². The van der Waals surface area contributed by atoms with Crippen LogP contribution in [0.25, 0.3) is 0 Å². The van der Waals surface area contributed by atoms with Gasteiger partial charge in [-0.2, -0.15) is 0 Å². The van der Waals surface area contributed by atoms with Gasteiger partial charge in [0.25, 0.3) is 6.43 Å². The number of alkyl halides is 2. The maximum Gasteiger partial charge on any atom is 0.311 e. The van der Waals surface area contributed by atoms with Gasteiger partial charge in [-0.15, -0.1) is 0 Å². The zero-order chi connectivity index (χ0) is 13.0. The van der Waals surface area contributed by atoms with Crippen LogP contribution >= 0.6 is 22.6 Å². The number of pyridine rings is 1. The Labute approximate surface area is 110 Å². The maximum atomic E-state index is 12.6. The highest BCUT2D eigenvalue weighted by Gasteiger charge is 2.19. The molecule has 1 heterocycles. The molecule has 0 aliphatic rings. The van der Waals surface area contributed by atoms with Crippen LogP contribution in [0.4, 0.5) is 8.78 Å². The second-order valence-electron chi connectivity index (χ2n) is 3.06. The smallest absolute Gasteiger partial charge is 0.311 e. The van der Waals surface area contributed by atoms with Crippen molar-refractivity contribution in [3.8, 4) is 5.75 Å². The highest BCUT2D eigenvalue weighted by atomic mass is 127. The number of methoxy groups -OCH3 is 2. The molecule has 94 valence electrons. The van der Waals surface area contributed by atoms with Crippen molar-refractivity contribution in [2.45, 2.75) is 12.8 Å². The van der Waals surface area contributed by atoms with Crippen molar-refractivity contribution in [1.82, 2.24) is 4.98 Å². The number of aromatic nitrogens is 1. The molecule has 0 unspecified atom stereocenters. The molecule has 0 N–H and O–H groups in total. The van der Waals surface area contributed by atoms with Crippen LogP contribution < -0.4 is 4.74 Å². The summed E-state index contributed by atoms with van der Waals surface area (Å²) < 4.78 is 35.1. The van der Waals surface area contributed by atoms with Gasteiger partial charge in [-0.1, -0.05) is 0 Å². The van der Waals surface area contributed by atoms with Gasteiger partial charge < -0.3 is 9.47 Å². The highest BCUT2D eigenvalue weighted by Crippen LogP contribution is 2.29. The average molecular weight is 357 g/mol. The molecule has 0 spiro atoms. The molecule has 0 radical (unpaired) electrons. The van der Waals surface area contributed by atoms with Crippen LogP contribution in [-0.4, -0.2) is 25.2 Å². The van der Waals surface area contributed by atoms with Crippen LogP contribution in [-0.2, 0) is 16.0 Å². The molecule has 0 amide bonds. The number of halogens is 3. The monoisotopic (exact) mass is 357 g/mol. The molecule has 1 aromatic rings.